The van der Waals surface area contributed by atoms with Gasteiger partial charge in [0.15, 0.2) is 0 Å². The fourth-order valence-corrected chi connectivity index (χ4v) is 6.13. The molecule has 0 saturated carbocycles. The summed E-state index contributed by atoms with van der Waals surface area (Å²) in [7, 11) is 0. The highest BCUT2D eigenvalue weighted by molar-refractivity contribution is 8.26. The first-order valence-electron chi connectivity index (χ1n) is 12.1. The maximum Gasteiger partial charge on any atom is 0.270 e. The Balaban J connectivity index is 1.76. The van der Waals surface area contributed by atoms with E-state index in [2.05, 4.69) is 11.0 Å². The summed E-state index contributed by atoms with van der Waals surface area (Å²) in [5.74, 6) is 0.568. The lowest BCUT2D eigenvalue weighted by Crippen LogP contribution is -2.48. The molecule has 1 aromatic heterocycles. The Morgan fingerprint density at radius 1 is 1.19 bits per heavy atom. The van der Waals surface area contributed by atoms with E-state index < -0.39 is 0 Å². The highest BCUT2D eigenvalue weighted by atomic mass is 32.2. The highest BCUT2D eigenvalue weighted by Crippen LogP contribution is 2.36. The number of thioether (sulfide) groups is 1. The van der Waals surface area contributed by atoms with E-state index in [9.17, 15) is 14.9 Å². The van der Waals surface area contributed by atoms with Crippen LogP contribution < -0.4 is 10.5 Å². The second kappa shape index (κ2) is 11.0. The van der Waals surface area contributed by atoms with Crippen molar-refractivity contribution in [2.75, 3.05) is 24.5 Å². The molecule has 2 aromatic rings. The zero-order valence-corrected chi connectivity index (χ0v) is 22.6. The number of carbonyl (C=O) groups excluding carboxylic acids is 1. The van der Waals surface area contributed by atoms with Crippen molar-refractivity contribution >= 4 is 46.1 Å². The minimum atomic E-state index is -0.313. The molecule has 2 fully saturated rings. The molecule has 2 unspecified atom stereocenters. The summed E-state index contributed by atoms with van der Waals surface area (Å²) in [6, 6.07) is 12.1. The van der Waals surface area contributed by atoms with Crippen LogP contribution in [0.3, 0.4) is 0 Å². The van der Waals surface area contributed by atoms with Crippen molar-refractivity contribution in [1.82, 2.24) is 9.47 Å². The molecule has 1 aromatic carbocycles. The number of nitrogens with zero attached hydrogens (tertiary/aromatic N) is 4. The van der Waals surface area contributed by atoms with E-state index in [1.54, 1.807) is 16.4 Å². The lowest BCUT2D eigenvalue weighted by Gasteiger charge is -2.39. The number of aromatic nitrogens is 1. The van der Waals surface area contributed by atoms with Gasteiger partial charge in [-0.25, -0.2) is 0 Å². The Labute approximate surface area is 221 Å². The van der Waals surface area contributed by atoms with Gasteiger partial charge in [0.25, 0.3) is 11.5 Å². The van der Waals surface area contributed by atoms with Gasteiger partial charge in [0, 0.05) is 31.7 Å². The third-order valence-electron chi connectivity index (χ3n) is 6.50. The first-order valence-corrected chi connectivity index (χ1v) is 13.3. The molecule has 0 N–H and O–H groups in total. The molecule has 2 atom stereocenters. The van der Waals surface area contributed by atoms with Gasteiger partial charge in [0.1, 0.15) is 21.8 Å². The quantitative estimate of drug-likeness (QED) is 0.417. The summed E-state index contributed by atoms with van der Waals surface area (Å²) in [5.41, 5.74) is 2.20. The molecule has 2 aliphatic heterocycles. The molecule has 0 bridgehead atoms. The number of thiocarbonyl (C=S) groups is 1. The first-order chi connectivity index (χ1) is 17.2. The number of anilines is 1. The number of ether oxygens (including phenoxy) is 1. The van der Waals surface area contributed by atoms with Crippen LogP contribution in [0.5, 0.6) is 0 Å². The van der Waals surface area contributed by atoms with Gasteiger partial charge in [-0.05, 0) is 51.3 Å². The second-order valence-electron chi connectivity index (χ2n) is 9.13. The molecular weight excluding hydrogens is 492 g/mol. The topological polar surface area (TPSA) is 78.6 Å². The molecule has 7 nitrogen and oxygen atoms in total. The van der Waals surface area contributed by atoms with Crippen LogP contribution >= 0.6 is 24.0 Å². The van der Waals surface area contributed by atoms with Crippen LogP contribution in [0.15, 0.2) is 40.0 Å². The van der Waals surface area contributed by atoms with E-state index in [0.29, 0.717) is 53.0 Å². The van der Waals surface area contributed by atoms with Crippen LogP contribution in [0.4, 0.5) is 5.82 Å². The maximum absolute atomic E-state index is 13.4. The van der Waals surface area contributed by atoms with Gasteiger partial charge >= 0.3 is 0 Å². The molecule has 4 rings (SSSR count). The summed E-state index contributed by atoms with van der Waals surface area (Å²) in [6.07, 6.45) is 2.47. The molecule has 9 heteroatoms. The van der Waals surface area contributed by atoms with Crippen LogP contribution in [0.25, 0.3) is 6.08 Å². The summed E-state index contributed by atoms with van der Waals surface area (Å²) in [5, 5.41) is 9.79. The van der Waals surface area contributed by atoms with E-state index in [4.69, 9.17) is 17.0 Å². The molecule has 2 aliphatic rings. The molecule has 1 amide bonds. The predicted octanol–water partition coefficient (Wildman–Crippen LogP) is 4.11. The van der Waals surface area contributed by atoms with E-state index >= 15 is 0 Å². The fraction of sp³-hybridized carbons (Fsp3) is 0.407. The zero-order valence-electron chi connectivity index (χ0n) is 21.0. The number of carbonyl (C=O) groups is 1. The van der Waals surface area contributed by atoms with Gasteiger partial charge in [-0.1, -0.05) is 54.3 Å². The monoisotopic (exact) mass is 522 g/mol. The van der Waals surface area contributed by atoms with Crippen molar-refractivity contribution in [2.45, 2.75) is 52.9 Å². The minimum Gasteiger partial charge on any atom is -0.372 e. The van der Waals surface area contributed by atoms with Crippen molar-refractivity contribution < 1.29 is 9.53 Å². The average molecular weight is 523 g/mol. The maximum atomic E-state index is 13.4. The molecule has 0 aliphatic carbocycles. The Morgan fingerprint density at radius 3 is 2.47 bits per heavy atom. The van der Waals surface area contributed by atoms with Crippen molar-refractivity contribution in [3.8, 4) is 6.07 Å². The first kappa shape index (κ1) is 26.1. The van der Waals surface area contributed by atoms with Crippen molar-refractivity contribution in [1.29, 1.82) is 5.26 Å². The number of rotatable bonds is 6. The number of amides is 1. The van der Waals surface area contributed by atoms with Crippen LogP contribution in [0.2, 0.25) is 0 Å². The standard InChI is InChI=1S/C27H30N4O3S2/c1-5-30-24(29-15-17(2)34-18(3)16-29)21(19(4)22(14-28)25(30)32)13-23-26(33)31(27(35)36-23)12-11-20-9-7-6-8-10-20/h6-10,13,17-18H,5,11-12,15-16H2,1-4H3/b23-13-. The van der Waals surface area contributed by atoms with Gasteiger partial charge in [-0.15, -0.1) is 0 Å². The molecule has 0 spiro atoms. The van der Waals surface area contributed by atoms with E-state index in [-0.39, 0.29) is 29.2 Å². The number of pyridine rings is 1. The number of hydrogen-bond acceptors (Lipinski definition) is 7. The SMILES string of the molecule is CCn1c(N2CC(C)OC(C)C2)c(/C=C2\SC(=S)N(CCc3ccccc3)C2=O)c(C)c(C#N)c1=O. The van der Waals surface area contributed by atoms with E-state index in [1.165, 1.54) is 11.8 Å². The molecule has 188 valence electrons. The Hall–Kier alpha value is -2.93. The number of hydrogen-bond donors (Lipinski definition) is 0. The lowest BCUT2D eigenvalue weighted by molar-refractivity contribution is -0.122. The van der Waals surface area contributed by atoms with Gasteiger partial charge in [0.05, 0.1) is 17.1 Å². The van der Waals surface area contributed by atoms with Crippen LogP contribution in [0, 0.1) is 18.3 Å². The predicted molar refractivity (Wildman–Crippen MR) is 148 cm³/mol. The number of benzene rings is 1. The summed E-state index contributed by atoms with van der Waals surface area (Å²) < 4.78 is 8.07. The summed E-state index contributed by atoms with van der Waals surface area (Å²) in [6.45, 7) is 9.79. The van der Waals surface area contributed by atoms with Crippen molar-refractivity contribution in [2.24, 2.45) is 0 Å². The van der Waals surface area contributed by atoms with Crippen molar-refractivity contribution in [3.63, 3.8) is 0 Å². The number of nitriles is 1. The fourth-order valence-electron chi connectivity index (χ4n) is 4.84. The molecule has 2 saturated heterocycles. The Kier molecular flexibility index (Phi) is 7.98. The smallest absolute Gasteiger partial charge is 0.270 e. The van der Waals surface area contributed by atoms with Gasteiger partial charge in [0.2, 0.25) is 0 Å². The molecule has 3 heterocycles. The van der Waals surface area contributed by atoms with Gasteiger partial charge in [-0.2, -0.15) is 5.26 Å². The number of morpholine rings is 1. The Bertz CT molecular complexity index is 1300. The minimum absolute atomic E-state index is 0.0193. The van der Waals surface area contributed by atoms with Gasteiger partial charge < -0.3 is 9.64 Å². The largest absolute Gasteiger partial charge is 0.372 e. The third kappa shape index (κ3) is 5.12. The highest BCUT2D eigenvalue weighted by Gasteiger charge is 2.34. The van der Waals surface area contributed by atoms with E-state index in [1.807, 2.05) is 57.2 Å². The van der Waals surface area contributed by atoms with Crippen LogP contribution in [0.1, 0.15) is 43.0 Å². The third-order valence-corrected chi connectivity index (χ3v) is 7.88. The molecular formula is C27H30N4O3S2. The lowest BCUT2D eigenvalue weighted by atomic mass is 10.0. The average Bonchev–Trinajstić information content (AvgIpc) is 3.11. The van der Waals surface area contributed by atoms with Crippen molar-refractivity contribution in [3.05, 3.63) is 67.8 Å². The van der Waals surface area contributed by atoms with Crippen LogP contribution in [-0.4, -0.2) is 51.5 Å². The van der Waals surface area contributed by atoms with Crippen LogP contribution in [-0.2, 0) is 22.5 Å². The van der Waals surface area contributed by atoms with Gasteiger partial charge in [-0.3, -0.25) is 19.1 Å². The summed E-state index contributed by atoms with van der Waals surface area (Å²) >= 11 is 6.82. The second-order valence-corrected chi connectivity index (χ2v) is 10.8. The van der Waals surface area contributed by atoms with E-state index in [0.717, 1.165) is 11.4 Å². The normalized spacial score (nSPS) is 21.4. The molecule has 36 heavy (non-hydrogen) atoms. The molecule has 0 radical (unpaired) electrons. The summed E-state index contributed by atoms with van der Waals surface area (Å²) in [4.78, 5) is 30.9. The zero-order chi connectivity index (χ0) is 26.0. The Morgan fingerprint density at radius 2 is 1.86 bits per heavy atom.